The van der Waals surface area contributed by atoms with E-state index in [-0.39, 0.29) is 24.0 Å². The number of nitrogens with one attached hydrogen (secondary N) is 1. The Labute approximate surface area is 112 Å². The highest BCUT2D eigenvalue weighted by Crippen LogP contribution is 2.15. The molecule has 6 nitrogen and oxygen atoms in total. The lowest BCUT2D eigenvalue weighted by atomic mass is 9.94. The number of hydrogen-bond donors (Lipinski definition) is 2. The molecule has 0 radical (unpaired) electrons. The maximum atomic E-state index is 11.7. The molecular weight excluding hydrogens is 250 g/mol. The number of carbonyl (C=O) groups is 2. The molecule has 0 aliphatic carbocycles. The number of amides is 1. The first-order valence-electron chi connectivity index (χ1n) is 6.43. The lowest BCUT2D eigenvalue weighted by Crippen LogP contribution is -2.33. The highest BCUT2D eigenvalue weighted by molar-refractivity contribution is 5.91. The van der Waals surface area contributed by atoms with Crippen molar-refractivity contribution in [2.75, 3.05) is 19.8 Å². The first-order chi connectivity index (χ1) is 8.99. The molecule has 0 fully saturated rings. The summed E-state index contributed by atoms with van der Waals surface area (Å²) in [5, 5.41) is 11.5. The first kappa shape index (κ1) is 15.3. The van der Waals surface area contributed by atoms with Gasteiger partial charge in [-0.15, -0.1) is 0 Å². The predicted octanol–water partition coefficient (Wildman–Crippen LogP) is 1.13. The molecule has 0 saturated carbocycles. The van der Waals surface area contributed by atoms with Gasteiger partial charge < -0.3 is 19.9 Å². The molecule has 0 unspecified atom stereocenters. The molecule has 1 aliphatic rings. The summed E-state index contributed by atoms with van der Waals surface area (Å²) in [5.41, 5.74) is 0. The molecule has 1 atom stereocenters. The summed E-state index contributed by atoms with van der Waals surface area (Å²) in [5.74, 6) is -0.763. The predicted molar refractivity (Wildman–Crippen MR) is 68.2 cm³/mol. The molecule has 1 heterocycles. The summed E-state index contributed by atoms with van der Waals surface area (Å²) in [4.78, 5) is 22.5. The van der Waals surface area contributed by atoms with Gasteiger partial charge in [0.25, 0.3) is 5.91 Å². The molecule has 0 aromatic heterocycles. The Bertz CT molecular complexity index is 351. The van der Waals surface area contributed by atoms with Crippen LogP contribution in [-0.4, -0.2) is 36.7 Å². The molecule has 1 rings (SSSR count). The van der Waals surface area contributed by atoms with E-state index in [0.29, 0.717) is 25.7 Å². The maximum absolute atomic E-state index is 11.7. The van der Waals surface area contributed by atoms with Gasteiger partial charge in [-0.3, -0.25) is 9.59 Å². The molecule has 1 aliphatic heterocycles. The van der Waals surface area contributed by atoms with Crippen molar-refractivity contribution in [3.05, 3.63) is 12.0 Å². The van der Waals surface area contributed by atoms with Crippen LogP contribution >= 0.6 is 0 Å². The Morgan fingerprint density at radius 1 is 1.42 bits per heavy atom. The highest BCUT2D eigenvalue weighted by atomic mass is 16.6. The fraction of sp³-hybridized carbons (Fsp3) is 0.692. The standard InChI is InChI=1S/C13H21NO5/c1-9(2)5-10(6-12(15)16)7-14-13(17)11-8-18-3-4-19-11/h8-10H,3-7H2,1-2H3,(H,14,17)(H,15,16)/t10-/m0/s1. The third-order valence-electron chi connectivity index (χ3n) is 2.69. The summed E-state index contributed by atoms with van der Waals surface area (Å²) in [6, 6.07) is 0. The summed E-state index contributed by atoms with van der Waals surface area (Å²) in [7, 11) is 0. The third-order valence-corrected chi connectivity index (χ3v) is 2.69. The number of carboxylic acids is 1. The van der Waals surface area contributed by atoms with Crippen LogP contribution in [0.1, 0.15) is 26.7 Å². The quantitative estimate of drug-likeness (QED) is 0.725. The minimum Gasteiger partial charge on any atom is -0.494 e. The summed E-state index contributed by atoms with van der Waals surface area (Å²) >= 11 is 0. The zero-order valence-electron chi connectivity index (χ0n) is 11.3. The van der Waals surface area contributed by atoms with Gasteiger partial charge in [0.2, 0.25) is 5.76 Å². The van der Waals surface area contributed by atoms with E-state index in [9.17, 15) is 9.59 Å². The van der Waals surface area contributed by atoms with E-state index in [1.54, 1.807) is 0 Å². The van der Waals surface area contributed by atoms with Crippen LogP contribution in [0.4, 0.5) is 0 Å². The lowest BCUT2D eigenvalue weighted by Gasteiger charge is -2.19. The highest BCUT2D eigenvalue weighted by Gasteiger charge is 2.19. The van der Waals surface area contributed by atoms with Gasteiger partial charge in [0, 0.05) is 13.0 Å². The molecule has 0 spiro atoms. The van der Waals surface area contributed by atoms with Gasteiger partial charge >= 0.3 is 5.97 Å². The van der Waals surface area contributed by atoms with E-state index in [2.05, 4.69) is 5.32 Å². The SMILES string of the molecule is CC(C)C[C@H](CNC(=O)C1=COCCO1)CC(=O)O. The van der Waals surface area contributed by atoms with Crippen LogP contribution in [0.25, 0.3) is 0 Å². The van der Waals surface area contributed by atoms with E-state index >= 15 is 0 Å². The summed E-state index contributed by atoms with van der Waals surface area (Å²) in [6.45, 7) is 5.16. The van der Waals surface area contributed by atoms with Crippen LogP contribution in [0.15, 0.2) is 12.0 Å². The average Bonchev–Trinajstić information content (AvgIpc) is 2.35. The van der Waals surface area contributed by atoms with Crippen molar-refractivity contribution >= 4 is 11.9 Å². The number of rotatable bonds is 7. The fourth-order valence-corrected chi connectivity index (χ4v) is 1.96. The number of aliphatic carboxylic acids is 1. The smallest absolute Gasteiger partial charge is 0.303 e. The van der Waals surface area contributed by atoms with Crippen molar-refractivity contribution in [2.24, 2.45) is 11.8 Å². The minimum absolute atomic E-state index is 0.0505. The summed E-state index contributed by atoms with van der Waals surface area (Å²) in [6.07, 6.45) is 2.09. The number of ether oxygens (including phenoxy) is 2. The second-order valence-corrected chi connectivity index (χ2v) is 5.00. The van der Waals surface area contributed by atoms with E-state index < -0.39 is 5.97 Å². The van der Waals surface area contributed by atoms with Crippen LogP contribution in [-0.2, 0) is 19.1 Å². The monoisotopic (exact) mass is 271 g/mol. The number of carbonyl (C=O) groups excluding carboxylic acids is 1. The Kier molecular flexibility index (Phi) is 6.18. The third kappa shape index (κ3) is 6.13. The second-order valence-electron chi connectivity index (χ2n) is 5.00. The largest absolute Gasteiger partial charge is 0.494 e. The molecular formula is C13H21NO5. The van der Waals surface area contributed by atoms with Gasteiger partial charge in [-0.1, -0.05) is 13.8 Å². The van der Waals surface area contributed by atoms with Crippen molar-refractivity contribution in [2.45, 2.75) is 26.7 Å². The van der Waals surface area contributed by atoms with Gasteiger partial charge in [0.15, 0.2) is 0 Å². The van der Waals surface area contributed by atoms with Crippen LogP contribution in [0.2, 0.25) is 0 Å². The van der Waals surface area contributed by atoms with E-state index in [4.69, 9.17) is 14.6 Å². The van der Waals surface area contributed by atoms with Crippen LogP contribution in [0.3, 0.4) is 0 Å². The molecule has 108 valence electrons. The van der Waals surface area contributed by atoms with Gasteiger partial charge in [-0.2, -0.15) is 0 Å². The average molecular weight is 271 g/mol. The maximum Gasteiger partial charge on any atom is 0.303 e. The zero-order chi connectivity index (χ0) is 14.3. The molecule has 0 saturated heterocycles. The Balaban J connectivity index is 2.43. The van der Waals surface area contributed by atoms with Crippen molar-refractivity contribution in [3.8, 4) is 0 Å². The fourth-order valence-electron chi connectivity index (χ4n) is 1.96. The molecule has 6 heteroatoms. The summed E-state index contributed by atoms with van der Waals surface area (Å²) < 4.78 is 10.1. The van der Waals surface area contributed by atoms with Gasteiger partial charge in [0.1, 0.15) is 19.5 Å². The van der Waals surface area contributed by atoms with Crippen LogP contribution < -0.4 is 5.32 Å². The zero-order valence-corrected chi connectivity index (χ0v) is 11.3. The molecule has 0 bridgehead atoms. The van der Waals surface area contributed by atoms with E-state index in [1.807, 2.05) is 13.8 Å². The Hall–Kier alpha value is -1.72. The normalized spacial score (nSPS) is 16.1. The van der Waals surface area contributed by atoms with Crippen molar-refractivity contribution in [1.29, 1.82) is 0 Å². The molecule has 0 aromatic rings. The van der Waals surface area contributed by atoms with Gasteiger partial charge in [-0.25, -0.2) is 0 Å². The Morgan fingerprint density at radius 2 is 2.16 bits per heavy atom. The Morgan fingerprint density at radius 3 is 2.68 bits per heavy atom. The molecule has 1 amide bonds. The van der Waals surface area contributed by atoms with E-state index in [1.165, 1.54) is 6.26 Å². The molecule has 2 N–H and O–H groups in total. The van der Waals surface area contributed by atoms with Crippen molar-refractivity contribution in [3.63, 3.8) is 0 Å². The lowest BCUT2D eigenvalue weighted by molar-refractivity contribution is -0.138. The minimum atomic E-state index is -0.851. The number of hydrogen-bond acceptors (Lipinski definition) is 4. The van der Waals surface area contributed by atoms with E-state index in [0.717, 1.165) is 6.42 Å². The van der Waals surface area contributed by atoms with Gasteiger partial charge in [0.05, 0.1) is 0 Å². The number of carboxylic acid groups (broad SMARTS) is 1. The molecule has 19 heavy (non-hydrogen) atoms. The first-order valence-corrected chi connectivity index (χ1v) is 6.43. The topological polar surface area (TPSA) is 84.9 Å². The van der Waals surface area contributed by atoms with Crippen molar-refractivity contribution in [1.82, 2.24) is 5.32 Å². The molecule has 0 aromatic carbocycles. The van der Waals surface area contributed by atoms with Crippen LogP contribution in [0.5, 0.6) is 0 Å². The van der Waals surface area contributed by atoms with Crippen LogP contribution in [0, 0.1) is 11.8 Å². The second kappa shape index (κ2) is 7.66. The van der Waals surface area contributed by atoms with Gasteiger partial charge in [-0.05, 0) is 18.3 Å². The van der Waals surface area contributed by atoms with Crippen molar-refractivity contribution < 1.29 is 24.2 Å².